The molecule has 0 aliphatic rings. The number of hydrogen-bond acceptors (Lipinski definition) is 3. The number of nitrogens with one attached hydrogen (secondary N) is 1. The molecule has 5 heteroatoms. The fourth-order valence-corrected chi connectivity index (χ4v) is 2.50. The molecule has 2 aromatic carbocycles. The highest BCUT2D eigenvalue weighted by atomic mass is 16.5. The van der Waals surface area contributed by atoms with Gasteiger partial charge in [0.1, 0.15) is 11.5 Å². The van der Waals surface area contributed by atoms with Crippen molar-refractivity contribution in [1.82, 2.24) is 5.32 Å². The van der Waals surface area contributed by atoms with Crippen LogP contribution in [-0.4, -0.2) is 17.0 Å². The Balaban J connectivity index is 1.88. The van der Waals surface area contributed by atoms with Crippen LogP contribution >= 0.6 is 0 Å². The van der Waals surface area contributed by atoms with Gasteiger partial charge >= 0.3 is 5.97 Å². The van der Waals surface area contributed by atoms with E-state index in [9.17, 15) is 9.59 Å². The summed E-state index contributed by atoms with van der Waals surface area (Å²) in [4.78, 5) is 22.0. The van der Waals surface area contributed by atoms with Crippen LogP contribution in [0.25, 0.3) is 0 Å². The first-order chi connectivity index (χ1) is 12.8. The van der Waals surface area contributed by atoms with Crippen molar-refractivity contribution in [3.63, 3.8) is 0 Å². The lowest BCUT2D eigenvalue weighted by Gasteiger charge is -2.23. The summed E-state index contributed by atoms with van der Waals surface area (Å²) in [6.45, 7) is 6.99. The van der Waals surface area contributed by atoms with Gasteiger partial charge in [-0.05, 0) is 47.2 Å². The molecule has 2 N–H and O–H groups in total. The first-order valence-electron chi connectivity index (χ1n) is 9.16. The van der Waals surface area contributed by atoms with Crippen LogP contribution in [-0.2, 0) is 21.5 Å². The Morgan fingerprint density at radius 2 is 1.52 bits per heavy atom. The number of carboxylic acid groups (broad SMARTS) is 1. The molecule has 0 saturated carbocycles. The largest absolute Gasteiger partial charge is 0.481 e. The maximum absolute atomic E-state index is 11.5. The van der Waals surface area contributed by atoms with Crippen LogP contribution in [0.1, 0.15) is 51.2 Å². The summed E-state index contributed by atoms with van der Waals surface area (Å²) >= 11 is 0. The van der Waals surface area contributed by atoms with Gasteiger partial charge in [0.05, 0.1) is 6.42 Å². The zero-order valence-corrected chi connectivity index (χ0v) is 16.1. The molecule has 0 fully saturated rings. The monoisotopic (exact) mass is 369 g/mol. The molecule has 1 amide bonds. The van der Waals surface area contributed by atoms with Crippen molar-refractivity contribution in [2.45, 2.75) is 52.0 Å². The molecule has 0 aliphatic carbocycles. The van der Waals surface area contributed by atoms with Crippen LogP contribution in [0.3, 0.4) is 0 Å². The van der Waals surface area contributed by atoms with Gasteiger partial charge in [-0.3, -0.25) is 9.59 Å². The summed E-state index contributed by atoms with van der Waals surface area (Å²) in [5, 5.41) is 11.3. The van der Waals surface area contributed by atoms with Crippen molar-refractivity contribution in [2.75, 3.05) is 0 Å². The van der Waals surface area contributed by atoms with Crippen LogP contribution in [0.15, 0.2) is 48.5 Å². The fourth-order valence-electron chi connectivity index (χ4n) is 2.50. The van der Waals surface area contributed by atoms with Gasteiger partial charge in [-0.2, -0.15) is 0 Å². The topological polar surface area (TPSA) is 75.6 Å². The lowest BCUT2D eigenvalue weighted by Crippen LogP contribution is -2.23. The molecule has 0 radical (unpaired) electrons. The maximum Gasteiger partial charge on any atom is 0.303 e. The Bertz CT molecular complexity index is 764. The third kappa shape index (κ3) is 6.44. The molecule has 27 heavy (non-hydrogen) atoms. The number of aliphatic carboxylic acids is 1. The third-order valence-corrected chi connectivity index (χ3v) is 4.73. The Kier molecular flexibility index (Phi) is 6.99. The number of carbonyl (C=O) groups excluding carboxylic acids is 1. The zero-order chi connectivity index (χ0) is 19.9. The van der Waals surface area contributed by atoms with E-state index in [-0.39, 0.29) is 24.2 Å². The molecule has 0 aliphatic heterocycles. The molecule has 0 heterocycles. The van der Waals surface area contributed by atoms with Gasteiger partial charge < -0.3 is 15.2 Å². The molecule has 0 saturated heterocycles. The van der Waals surface area contributed by atoms with Crippen LogP contribution in [0, 0.1) is 0 Å². The molecule has 0 unspecified atom stereocenters. The molecular weight excluding hydrogens is 342 g/mol. The third-order valence-electron chi connectivity index (χ3n) is 4.73. The Morgan fingerprint density at radius 3 is 2.04 bits per heavy atom. The molecule has 0 spiro atoms. The summed E-state index contributed by atoms with van der Waals surface area (Å²) in [6.07, 6.45) is 0.899. The molecule has 0 atom stereocenters. The SMILES string of the molecule is CCC(C)(C)c1ccc(Oc2ccc(CNC(=O)CCC(=O)O)cc2)cc1. The highest BCUT2D eigenvalue weighted by molar-refractivity contribution is 5.80. The highest BCUT2D eigenvalue weighted by Gasteiger charge is 2.17. The Morgan fingerprint density at radius 1 is 0.963 bits per heavy atom. The van der Waals surface area contributed by atoms with Crippen LogP contribution in [0.2, 0.25) is 0 Å². The number of rotatable bonds is 9. The first kappa shape index (κ1) is 20.5. The number of carboxylic acids is 1. The van der Waals surface area contributed by atoms with E-state index < -0.39 is 5.97 Å². The molecule has 0 aromatic heterocycles. The van der Waals surface area contributed by atoms with E-state index in [0.717, 1.165) is 23.5 Å². The standard InChI is InChI=1S/C22H27NO4/c1-4-22(2,3)17-7-11-19(12-8-17)27-18-9-5-16(6-10-18)15-23-20(24)13-14-21(25)26/h5-12H,4,13-15H2,1-3H3,(H,23,24)(H,25,26). The predicted molar refractivity (Wildman–Crippen MR) is 105 cm³/mol. The second-order valence-electron chi connectivity index (χ2n) is 7.18. The van der Waals surface area contributed by atoms with Crippen LogP contribution in [0.5, 0.6) is 11.5 Å². The minimum atomic E-state index is -0.974. The summed E-state index contributed by atoms with van der Waals surface area (Å²) in [5.41, 5.74) is 2.35. The smallest absolute Gasteiger partial charge is 0.303 e. The van der Waals surface area contributed by atoms with Crippen molar-refractivity contribution < 1.29 is 19.4 Å². The second kappa shape index (κ2) is 9.21. The fraction of sp³-hybridized carbons (Fsp3) is 0.364. The summed E-state index contributed by atoms with van der Waals surface area (Å²) in [5.74, 6) is 0.254. The summed E-state index contributed by atoms with van der Waals surface area (Å²) < 4.78 is 5.87. The summed E-state index contributed by atoms with van der Waals surface area (Å²) in [7, 11) is 0. The molecular formula is C22H27NO4. The van der Waals surface area contributed by atoms with E-state index in [2.05, 4.69) is 38.2 Å². The van der Waals surface area contributed by atoms with E-state index in [1.807, 2.05) is 36.4 Å². The second-order valence-corrected chi connectivity index (χ2v) is 7.18. The first-order valence-corrected chi connectivity index (χ1v) is 9.16. The average molecular weight is 369 g/mol. The van der Waals surface area contributed by atoms with Gasteiger partial charge in [0, 0.05) is 13.0 Å². The Hall–Kier alpha value is -2.82. The van der Waals surface area contributed by atoms with Crippen molar-refractivity contribution in [3.05, 3.63) is 59.7 Å². The quantitative estimate of drug-likeness (QED) is 0.675. The molecule has 2 aromatic rings. The van der Waals surface area contributed by atoms with Crippen molar-refractivity contribution in [2.24, 2.45) is 0 Å². The van der Waals surface area contributed by atoms with Gasteiger partial charge in [0.2, 0.25) is 5.91 Å². The van der Waals surface area contributed by atoms with E-state index in [4.69, 9.17) is 9.84 Å². The number of carbonyl (C=O) groups is 2. The number of hydrogen-bond donors (Lipinski definition) is 2. The van der Waals surface area contributed by atoms with Gasteiger partial charge in [0.15, 0.2) is 0 Å². The van der Waals surface area contributed by atoms with Crippen LogP contribution < -0.4 is 10.1 Å². The van der Waals surface area contributed by atoms with Gasteiger partial charge in [0.25, 0.3) is 0 Å². The summed E-state index contributed by atoms with van der Waals surface area (Å²) in [6, 6.07) is 15.6. The average Bonchev–Trinajstić information content (AvgIpc) is 2.66. The number of benzene rings is 2. The molecule has 0 bridgehead atoms. The van der Waals surface area contributed by atoms with Crippen molar-refractivity contribution in [3.8, 4) is 11.5 Å². The minimum Gasteiger partial charge on any atom is -0.481 e. The van der Waals surface area contributed by atoms with E-state index >= 15 is 0 Å². The van der Waals surface area contributed by atoms with Crippen molar-refractivity contribution in [1.29, 1.82) is 0 Å². The van der Waals surface area contributed by atoms with Gasteiger partial charge in [-0.25, -0.2) is 0 Å². The lowest BCUT2D eigenvalue weighted by molar-refractivity contribution is -0.138. The normalized spacial score (nSPS) is 11.1. The van der Waals surface area contributed by atoms with E-state index in [1.54, 1.807) is 0 Å². The molecule has 2 rings (SSSR count). The number of amides is 1. The predicted octanol–water partition coefficient (Wildman–Crippen LogP) is 4.65. The number of ether oxygens (including phenoxy) is 1. The van der Waals surface area contributed by atoms with Gasteiger partial charge in [-0.15, -0.1) is 0 Å². The highest BCUT2D eigenvalue weighted by Crippen LogP contribution is 2.29. The maximum atomic E-state index is 11.5. The van der Waals surface area contributed by atoms with E-state index in [1.165, 1.54) is 5.56 Å². The zero-order valence-electron chi connectivity index (χ0n) is 16.1. The van der Waals surface area contributed by atoms with Crippen molar-refractivity contribution >= 4 is 11.9 Å². The lowest BCUT2D eigenvalue weighted by atomic mass is 9.82. The molecule has 144 valence electrons. The minimum absolute atomic E-state index is 0.0125. The van der Waals surface area contributed by atoms with E-state index in [0.29, 0.717) is 6.54 Å². The van der Waals surface area contributed by atoms with Gasteiger partial charge in [-0.1, -0.05) is 45.0 Å². The van der Waals surface area contributed by atoms with Crippen LogP contribution in [0.4, 0.5) is 0 Å². The molecule has 5 nitrogen and oxygen atoms in total. The Labute approximate surface area is 160 Å².